The minimum absolute atomic E-state index is 0.109. The van der Waals surface area contributed by atoms with Gasteiger partial charge in [-0.1, -0.05) is 0 Å². The zero-order valence-corrected chi connectivity index (χ0v) is 16.1. The van der Waals surface area contributed by atoms with E-state index in [0.29, 0.717) is 12.5 Å². The van der Waals surface area contributed by atoms with Crippen molar-refractivity contribution in [3.8, 4) is 11.3 Å². The van der Waals surface area contributed by atoms with Crippen LogP contribution < -0.4 is 15.4 Å². The van der Waals surface area contributed by atoms with Crippen molar-refractivity contribution in [1.29, 1.82) is 0 Å². The number of pyridine rings is 1. The van der Waals surface area contributed by atoms with Crippen LogP contribution in [0.5, 0.6) is 0 Å². The van der Waals surface area contributed by atoms with E-state index in [2.05, 4.69) is 25.0 Å². The predicted octanol–water partition coefficient (Wildman–Crippen LogP) is 1.83. The van der Waals surface area contributed by atoms with E-state index in [4.69, 9.17) is 0 Å². The van der Waals surface area contributed by atoms with Crippen molar-refractivity contribution in [2.24, 2.45) is 0 Å². The molecule has 0 radical (unpaired) electrons. The molecule has 28 heavy (non-hydrogen) atoms. The van der Waals surface area contributed by atoms with Gasteiger partial charge in [0.05, 0.1) is 18.3 Å². The van der Waals surface area contributed by atoms with E-state index in [1.165, 1.54) is 0 Å². The molecule has 1 aliphatic heterocycles. The Hall–Kier alpha value is -3.29. The van der Waals surface area contributed by atoms with Crippen LogP contribution in [0.25, 0.3) is 11.3 Å². The van der Waals surface area contributed by atoms with Gasteiger partial charge in [0.25, 0.3) is 5.56 Å². The molecule has 1 aliphatic rings. The van der Waals surface area contributed by atoms with Crippen molar-refractivity contribution < 1.29 is 0 Å². The molecular weight excluding hydrogens is 354 g/mol. The Morgan fingerprint density at radius 3 is 2.86 bits per heavy atom. The number of anilines is 2. The lowest BCUT2D eigenvalue weighted by atomic mass is 10.2. The number of aromatic nitrogens is 5. The first-order valence-electron chi connectivity index (χ1n) is 9.37. The molecule has 0 N–H and O–H groups in total. The van der Waals surface area contributed by atoms with Crippen LogP contribution in [-0.4, -0.2) is 51.4 Å². The van der Waals surface area contributed by atoms with Crippen LogP contribution in [0, 0.1) is 0 Å². The van der Waals surface area contributed by atoms with Gasteiger partial charge in [-0.25, -0.2) is 9.67 Å². The first-order valence-corrected chi connectivity index (χ1v) is 9.37. The molecule has 1 saturated heterocycles. The number of hydrogen-bond acceptors (Lipinski definition) is 7. The van der Waals surface area contributed by atoms with E-state index in [-0.39, 0.29) is 11.6 Å². The Balaban J connectivity index is 1.60. The number of nitrogens with zero attached hydrogens (tertiary/aromatic N) is 7. The first kappa shape index (κ1) is 18.1. The third kappa shape index (κ3) is 3.71. The third-order valence-electron chi connectivity index (χ3n) is 4.93. The smallest absolute Gasteiger partial charge is 0.266 e. The van der Waals surface area contributed by atoms with Crippen molar-refractivity contribution in [3.05, 3.63) is 59.3 Å². The molecule has 4 rings (SSSR count). The molecule has 8 nitrogen and oxygen atoms in total. The maximum atomic E-state index is 12.4. The molecule has 1 fully saturated rings. The Kier molecular flexibility index (Phi) is 5.01. The van der Waals surface area contributed by atoms with E-state index < -0.39 is 0 Å². The third-order valence-corrected chi connectivity index (χ3v) is 4.93. The lowest BCUT2D eigenvalue weighted by molar-refractivity contribution is 0.487. The monoisotopic (exact) mass is 377 g/mol. The number of hydrogen-bond donors (Lipinski definition) is 0. The summed E-state index contributed by atoms with van der Waals surface area (Å²) in [6.45, 7) is 1.38. The van der Waals surface area contributed by atoms with Gasteiger partial charge in [0, 0.05) is 50.9 Å². The second-order valence-electron chi connectivity index (χ2n) is 7.08. The van der Waals surface area contributed by atoms with Crippen LogP contribution in [-0.2, 0) is 6.54 Å². The highest BCUT2D eigenvalue weighted by atomic mass is 16.1. The quantitative estimate of drug-likeness (QED) is 0.671. The Morgan fingerprint density at radius 1 is 1.18 bits per heavy atom. The summed E-state index contributed by atoms with van der Waals surface area (Å²) in [7, 11) is 3.92. The van der Waals surface area contributed by atoms with Gasteiger partial charge in [0.15, 0.2) is 0 Å². The molecule has 1 unspecified atom stereocenters. The molecule has 0 aliphatic carbocycles. The molecular formula is C20H23N7O. The van der Waals surface area contributed by atoms with E-state index in [1.807, 2.05) is 37.2 Å². The molecule has 0 bridgehead atoms. The fourth-order valence-electron chi connectivity index (χ4n) is 3.46. The minimum atomic E-state index is -0.109. The Morgan fingerprint density at radius 2 is 2.07 bits per heavy atom. The van der Waals surface area contributed by atoms with E-state index in [1.54, 1.807) is 35.4 Å². The Bertz CT molecular complexity index is 1000. The van der Waals surface area contributed by atoms with E-state index in [0.717, 1.165) is 36.5 Å². The largest absolute Gasteiger partial charge is 0.363 e. The SMILES string of the molecule is CN(C)c1ccnc(N2CCCC2Cn2nc(-c3cccnc3)ccc2=O)n1. The fraction of sp³-hybridized carbons (Fsp3) is 0.350. The molecule has 0 aromatic carbocycles. The summed E-state index contributed by atoms with van der Waals surface area (Å²) in [5.74, 6) is 1.56. The van der Waals surface area contributed by atoms with Gasteiger partial charge < -0.3 is 9.80 Å². The van der Waals surface area contributed by atoms with Gasteiger partial charge in [-0.2, -0.15) is 10.1 Å². The van der Waals surface area contributed by atoms with Crippen LogP contribution >= 0.6 is 0 Å². The summed E-state index contributed by atoms with van der Waals surface area (Å²) < 4.78 is 1.54. The highest BCUT2D eigenvalue weighted by molar-refractivity contribution is 5.56. The second kappa shape index (κ2) is 7.75. The lowest BCUT2D eigenvalue weighted by Gasteiger charge is -2.25. The lowest BCUT2D eigenvalue weighted by Crippen LogP contribution is -2.38. The van der Waals surface area contributed by atoms with Crippen molar-refractivity contribution in [2.75, 3.05) is 30.4 Å². The zero-order valence-electron chi connectivity index (χ0n) is 16.1. The average Bonchev–Trinajstić information content (AvgIpc) is 3.18. The van der Waals surface area contributed by atoms with Crippen molar-refractivity contribution >= 4 is 11.8 Å². The first-order chi connectivity index (χ1) is 13.6. The minimum Gasteiger partial charge on any atom is -0.363 e. The van der Waals surface area contributed by atoms with Gasteiger partial charge in [0.1, 0.15) is 5.82 Å². The number of rotatable bonds is 5. The average molecular weight is 377 g/mol. The zero-order chi connectivity index (χ0) is 19.5. The van der Waals surface area contributed by atoms with Gasteiger partial charge in [-0.15, -0.1) is 0 Å². The molecule has 144 valence electrons. The van der Waals surface area contributed by atoms with E-state index in [9.17, 15) is 4.79 Å². The topological polar surface area (TPSA) is 80.0 Å². The molecule has 8 heteroatoms. The van der Waals surface area contributed by atoms with Gasteiger partial charge in [-0.3, -0.25) is 9.78 Å². The molecule has 0 spiro atoms. The summed E-state index contributed by atoms with van der Waals surface area (Å²) in [6.07, 6.45) is 7.26. The fourth-order valence-corrected chi connectivity index (χ4v) is 3.46. The van der Waals surface area contributed by atoms with Crippen LogP contribution in [0.3, 0.4) is 0 Å². The normalized spacial score (nSPS) is 16.4. The predicted molar refractivity (Wildman–Crippen MR) is 108 cm³/mol. The van der Waals surface area contributed by atoms with Gasteiger partial charge in [0.2, 0.25) is 5.95 Å². The molecule has 3 aromatic rings. The maximum absolute atomic E-state index is 12.4. The van der Waals surface area contributed by atoms with Crippen molar-refractivity contribution in [1.82, 2.24) is 24.7 Å². The summed E-state index contributed by atoms with van der Waals surface area (Å²) in [6, 6.07) is 9.13. The summed E-state index contributed by atoms with van der Waals surface area (Å²) in [5, 5.41) is 4.57. The van der Waals surface area contributed by atoms with Crippen molar-refractivity contribution in [3.63, 3.8) is 0 Å². The molecule has 1 atom stereocenters. The van der Waals surface area contributed by atoms with Gasteiger partial charge in [-0.05, 0) is 37.1 Å². The highest BCUT2D eigenvalue weighted by Crippen LogP contribution is 2.24. The molecule has 3 aromatic heterocycles. The summed E-state index contributed by atoms with van der Waals surface area (Å²) >= 11 is 0. The van der Waals surface area contributed by atoms with Crippen LogP contribution in [0.2, 0.25) is 0 Å². The van der Waals surface area contributed by atoms with E-state index >= 15 is 0 Å². The Labute approximate surface area is 163 Å². The van der Waals surface area contributed by atoms with Gasteiger partial charge >= 0.3 is 0 Å². The second-order valence-corrected chi connectivity index (χ2v) is 7.08. The van der Waals surface area contributed by atoms with Crippen LogP contribution in [0.4, 0.5) is 11.8 Å². The van der Waals surface area contributed by atoms with Crippen LogP contribution in [0.15, 0.2) is 53.7 Å². The molecule has 0 saturated carbocycles. The standard InChI is InChI=1S/C20H23N7O/c1-25(2)18-9-11-22-20(23-18)26-12-4-6-16(26)14-27-19(28)8-7-17(24-27)15-5-3-10-21-13-15/h3,5,7-11,13,16H,4,6,12,14H2,1-2H3. The highest BCUT2D eigenvalue weighted by Gasteiger charge is 2.28. The maximum Gasteiger partial charge on any atom is 0.266 e. The van der Waals surface area contributed by atoms with Crippen molar-refractivity contribution in [2.45, 2.75) is 25.4 Å². The summed E-state index contributed by atoms with van der Waals surface area (Å²) in [5.41, 5.74) is 1.52. The van der Waals surface area contributed by atoms with Crippen LogP contribution in [0.1, 0.15) is 12.8 Å². The molecule has 0 amide bonds. The molecule has 4 heterocycles. The summed E-state index contributed by atoms with van der Waals surface area (Å²) in [4.78, 5) is 29.8.